The number of ether oxygens (including phenoxy) is 2. The lowest BCUT2D eigenvalue weighted by atomic mass is 10.00. The molecule has 132 valence electrons. The van der Waals surface area contributed by atoms with E-state index in [1.54, 1.807) is 0 Å². The Bertz CT molecular complexity index is 570. The summed E-state index contributed by atoms with van der Waals surface area (Å²) in [5, 5.41) is 0. The van der Waals surface area contributed by atoms with Crippen LogP contribution in [0.3, 0.4) is 0 Å². The van der Waals surface area contributed by atoms with Crippen LogP contribution in [0.15, 0.2) is 18.2 Å². The van der Waals surface area contributed by atoms with Gasteiger partial charge < -0.3 is 14.4 Å². The number of rotatable bonds is 4. The molecule has 2 aliphatic heterocycles. The second kappa shape index (κ2) is 8.10. The highest BCUT2D eigenvalue weighted by atomic mass is 16.5. The van der Waals surface area contributed by atoms with Crippen LogP contribution in [0.1, 0.15) is 29.2 Å². The van der Waals surface area contributed by atoms with Crippen molar-refractivity contribution in [2.45, 2.75) is 26.4 Å². The zero-order valence-electron chi connectivity index (χ0n) is 14.8. The molecular formula is C19H28N2O3. The van der Waals surface area contributed by atoms with Crippen molar-refractivity contribution < 1.29 is 14.3 Å². The molecule has 1 unspecified atom stereocenters. The molecule has 2 aliphatic rings. The number of hydrogen-bond acceptors (Lipinski definition) is 4. The van der Waals surface area contributed by atoms with Gasteiger partial charge in [-0.15, -0.1) is 0 Å². The van der Waals surface area contributed by atoms with Crippen molar-refractivity contribution >= 4 is 5.91 Å². The zero-order chi connectivity index (χ0) is 16.9. The van der Waals surface area contributed by atoms with Crippen LogP contribution in [0.2, 0.25) is 0 Å². The number of hydrogen-bond donors (Lipinski definition) is 0. The average Bonchev–Trinajstić information content (AvgIpc) is 2.60. The third-order valence-electron chi connectivity index (χ3n) is 4.93. The van der Waals surface area contributed by atoms with E-state index in [0.29, 0.717) is 19.6 Å². The van der Waals surface area contributed by atoms with E-state index in [1.807, 2.05) is 4.90 Å². The smallest absolute Gasteiger partial charge is 0.224 e. The third-order valence-corrected chi connectivity index (χ3v) is 4.93. The average molecular weight is 332 g/mol. The number of amides is 1. The molecule has 0 bridgehead atoms. The minimum Gasteiger partial charge on any atom is -0.378 e. The van der Waals surface area contributed by atoms with Crippen LogP contribution < -0.4 is 0 Å². The number of aryl methyl sites for hydroxylation is 2. The van der Waals surface area contributed by atoms with Crippen LogP contribution >= 0.6 is 0 Å². The predicted molar refractivity (Wildman–Crippen MR) is 93.1 cm³/mol. The summed E-state index contributed by atoms with van der Waals surface area (Å²) in [6, 6.07) is 6.53. The van der Waals surface area contributed by atoms with Gasteiger partial charge in [-0.2, -0.15) is 0 Å². The Kier molecular flexibility index (Phi) is 5.87. The minimum atomic E-state index is 0.109. The van der Waals surface area contributed by atoms with Crippen LogP contribution in [0, 0.1) is 13.8 Å². The first-order valence-corrected chi connectivity index (χ1v) is 8.90. The molecule has 0 radical (unpaired) electrons. The fourth-order valence-electron chi connectivity index (χ4n) is 3.51. The summed E-state index contributed by atoms with van der Waals surface area (Å²) in [7, 11) is 0. The van der Waals surface area contributed by atoms with E-state index in [9.17, 15) is 4.79 Å². The lowest BCUT2D eigenvalue weighted by Gasteiger charge is -2.34. The Hall–Kier alpha value is -1.43. The minimum absolute atomic E-state index is 0.109. The summed E-state index contributed by atoms with van der Waals surface area (Å²) in [6.07, 6.45) is 0.692. The van der Waals surface area contributed by atoms with Crippen molar-refractivity contribution in [3.63, 3.8) is 0 Å². The fourth-order valence-corrected chi connectivity index (χ4v) is 3.51. The van der Waals surface area contributed by atoms with Gasteiger partial charge in [0.05, 0.1) is 25.9 Å². The Labute approximate surface area is 144 Å². The van der Waals surface area contributed by atoms with Gasteiger partial charge in [0.25, 0.3) is 0 Å². The van der Waals surface area contributed by atoms with Gasteiger partial charge in [0, 0.05) is 39.1 Å². The molecule has 0 aromatic heterocycles. The highest BCUT2D eigenvalue weighted by Crippen LogP contribution is 2.25. The first-order chi connectivity index (χ1) is 11.6. The number of nitrogens with zero attached hydrogens (tertiary/aromatic N) is 2. The van der Waals surface area contributed by atoms with Crippen molar-refractivity contribution in [2.24, 2.45) is 0 Å². The van der Waals surface area contributed by atoms with Crippen LogP contribution in [-0.4, -0.2) is 68.3 Å². The molecule has 5 nitrogen and oxygen atoms in total. The van der Waals surface area contributed by atoms with E-state index in [-0.39, 0.29) is 12.0 Å². The maximum absolute atomic E-state index is 12.3. The number of benzene rings is 1. The lowest BCUT2D eigenvalue weighted by molar-refractivity contribution is -0.136. The van der Waals surface area contributed by atoms with E-state index in [1.165, 1.54) is 16.7 Å². The van der Waals surface area contributed by atoms with Crippen molar-refractivity contribution in [1.82, 2.24) is 9.80 Å². The van der Waals surface area contributed by atoms with Crippen molar-refractivity contribution in [2.75, 3.05) is 52.5 Å². The molecule has 2 heterocycles. The van der Waals surface area contributed by atoms with E-state index in [2.05, 4.69) is 36.9 Å². The zero-order valence-corrected chi connectivity index (χ0v) is 14.8. The molecule has 1 aromatic carbocycles. The molecule has 0 spiro atoms. The number of carbonyl (C=O) groups is 1. The van der Waals surface area contributed by atoms with E-state index >= 15 is 0 Å². The first kappa shape index (κ1) is 17.4. The number of morpholine rings is 2. The fraction of sp³-hybridized carbons (Fsp3) is 0.632. The SMILES string of the molecule is Cc1ccc(C2CN(CCC(=O)N3CCOCC3)CCO2)c(C)c1. The van der Waals surface area contributed by atoms with Gasteiger partial charge in [-0.25, -0.2) is 0 Å². The Morgan fingerprint density at radius 3 is 2.71 bits per heavy atom. The quantitative estimate of drug-likeness (QED) is 0.845. The molecule has 2 saturated heterocycles. The second-order valence-corrected chi connectivity index (χ2v) is 6.76. The monoisotopic (exact) mass is 332 g/mol. The molecule has 1 atom stereocenters. The largest absolute Gasteiger partial charge is 0.378 e. The maximum atomic E-state index is 12.3. The van der Waals surface area contributed by atoms with Gasteiger partial charge in [-0.05, 0) is 25.0 Å². The standard InChI is InChI=1S/C19H28N2O3/c1-15-3-4-17(16(2)13-15)18-14-20(7-12-24-18)6-5-19(22)21-8-10-23-11-9-21/h3-4,13,18H,5-12,14H2,1-2H3. The third kappa shape index (κ3) is 4.35. The Morgan fingerprint density at radius 2 is 1.96 bits per heavy atom. The summed E-state index contributed by atoms with van der Waals surface area (Å²) >= 11 is 0. The summed E-state index contributed by atoms with van der Waals surface area (Å²) < 4.78 is 11.3. The number of carbonyl (C=O) groups excluding carboxylic acids is 1. The highest BCUT2D eigenvalue weighted by Gasteiger charge is 2.24. The van der Waals surface area contributed by atoms with Gasteiger partial charge in [-0.3, -0.25) is 9.69 Å². The van der Waals surface area contributed by atoms with Gasteiger partial charge in [0.15, 0.2) is 0 Å². The molecule has 1 aromatic rings. The highest BCUT2D eigenvalue weighted by molar-refractivity contribution is 5.76. The summed E-state index contributed by atoms with van der Waals surface area (Å²) in [5.41, 5.74) is 3.83. The summed E-state index contributed by atoms with van der Waals surface area (Å²) in [4.78, 5) is 16.6. The Balaban J connectivity index is 1.52. The van der Waals surface area contributed by atoms with Crippen molar-refractivity contribution in [3.8, 4) is 0 Å². The van der Waals surface area contributed by atoms with Gasteiger partial charge in [-0.1, -0.05) is 23.8 Å². The topological polar surface area (TPSA) is 42.0 Å². The van der Waals surface area contributed by atoms with Gasteiger partial charge >= 0.3 is 0 Å². The predicted octanol–water partition coefficient (Wildman–Crippen LogP) is 1.93. The van der Waals surface area contributed by atoms with Crippen LogP contribution in [0.5, 0.6) is 0 Å². The summed E-state index contributed by atoms with van der Waals surface area (Å²) in [5.74, 6) is 0.243. The molecular weight excluding hydrogens is 304 g/mol. The first-order valence-electron chi connectivity index (χ1n) is 8.90. The molecule has 1 amide bonds. The van der Waals surface area contributed by atoms with Gasteiger partial charge in [0.1, 0.15) is 0 Å². The molecule has 0 N–H and O–H groups in total. The van der Waals surface area contributed by atoms with Crippen LogP contribution in [0.4, 0.5) is 0 Å². The van der Waals surface area contributed by atoms with Crippen molar-refractivity contribution in [3.05, 3.63) is 34.9 Å². The summed E-state index contributed by atoms with van der Waals surface area (Å²) in [6.45, 7) is 10.3. The molecule has 2 fully saturated rings. The van der Waals surface area contributed by atoms with E-state index in [4.69, 9.17) is 9.47 Å². The van der Waals surface area contributed by atoms with E-state index in [0.717, 1.165) is 39.3 Å². The van der Waals surface area contributed by atoms with Crippen molar-refractivity contribution in [1.29, 1.82) is 0 Å². The van der Waals surface area contributed by atoms with Gasteiger partial charge in [0.2, 0.25) is 5.91 Å². The molecule has 3 rings (SSSR count). The normalized spacial score (nSPS) is 22.6. The molecule has 0 saturated carbocycles. The molecule has 0 aliphatic carbocycles. The second-order valence-electron chi connectivity index (χ2n) is 6.76. The van der Waals surface area contributed by atoms with Crippen LogP contribution in [-0.2, 0) is 14.3 Å². The van der Waals surface area contributed by atoms with E-state index < -0.39 is 0 Å². The molecule has 24 heavy (non-hydrogen) atoms. The maximum Gasteiger partial charge on any atom is 0.224 e. The molecule has 5 heteroatoms. The lowest BCUT2D eigenvalue weighted by Crippen LogP contribution is -2.44. The van der Waals surface area contributed by atoms with Crippen LogP contribution in [0.25, 0.3) is 0 Å². The Morgan fingerprint density at radius 1 is 1.17 bits per heavy atom.